The van der Waals surface area contributed by atoms with Crippen molar-refractivity contribution in [3.63, 3.8) is 0 Å². The number of hydrogen-bond acceptors (Lipinski definition) is 3. The molecular weight excluding hydrogens is 326 g/mol. The fourth-order valence-corrected chi connectivity index (χ4v) is 2.47. The van der Waals surface area contributed by atoms with Crippen LogP contribution in [0, 0.1) is 17.0 Å². The Bertz CT molecular complexity index is 902. The van der Waals surface area contributed by atoms with Gasteiger partial charge >= 0.3 is 0 Å². The summed E-state index contributed by atoms with van der Waals surface area (Å²) in [5.74, 6) is 0.674. The van der Waals surface area contributed by atoms with Crippen molar-refractivity contribution >= 4 is 17.2 Å². The van der Waals surface area contributed by atoms with Crippen molar-refractivity contribution in [3.8, 4) is 0 Å². The van der Waals surface area contributed by atoms with E-state index in [-0.39, 0.29) is 5.69 Å². The van der Waals surface area contributed by atoms with Crippen LogP contribution in [0.15, 0.2) is 83.9 Å². The second-order valence-electron chi connectivity index (χ2n) is 5.95. The summed E-state index contributed by atoms with van der Waals surface area (Å²) >= 11 is 0. The van der Waals surface area contributed by atoms with Gasteiger partial charge in [-0.3, -0.25) is 15.1 Å². The van der Waals surface area contributed by atoms with Crippen LogP contribution in [0.4, 0.5) is 11.4 Å². The van der Waals surface area contributed by atoms with E-state index in [0.29, 0.717) is 12.4 Å². The Morgan fingerprint density at radius 2 is 1.62 bits per heavy atom. The number of aliphatic imine (C=N–C) groups is 1. The molecule has 0 heterocycles. The number of aryl methyl sites for hydroxylation is 1. The first-order chi connectivity index (χ1) is 12.6. The van der Waals surface area contributed by atoms with Crippen LogP contribution in [0.25, 0.3) is 0 Å². The van der Waals surface area contributed by atoms with E-state index in [2.05, 4.69) is 5.32 Å². The molecule has 0 aliphatic rings. The van der Waals surface area contributed by atoms with Crippen LogP contribution >= 0.6 is 0 Å². The summed E-state index contributed by atoms with van der Waals surface area (Å²) in [6.45, 7) is 2.55. The van der Waals surface area contributed by atoms with Gasteiger partial charge in [-0.1, -0.05) is 48.0 Å². The number of amidine groups is 1. The Labute approximate surface area is 152 Å². The molecule has 26 heavy (non-hydrogen) atoms. The highest BCUT2D eigenvalue weighted by molar-refractivity contribution is 6.08. The van der Waals surface area contributed by atoms with Gasteiger partial charge in [0.25, 0.3) is 5.69 Å². The number of benzene rings is 3. The van der Waals surface area contributed by atoms with Gasteiger partial charge < -0.3 is 5.32 Å². The second kappa shape index (κ2) is 8.07. The quantitative estimate of drug-likeness (QED) is 0.307. The summed E-state index contributed by atoms with van der Waals surface area (Å²) in [6.07, 6.45) is 0. The molecule has 3 aromatic rings. The first-order valence-corrected chi connectivity index (χ1v) is 8.29. The van der Waals surface area contributed by atoms with Gasteiger partial charge in [0.05, 0.1) is 11.5 Å². The van der Waals surface area contributed by atoms with Gasteiger partial charge in [0.15, 0.2) is 0 Å². The minimum absolute atomic E-state index is 0.0616. The fourth-order valence-electron chi connectivity index (χ4n) is 2.47. The van der Waals surface area contributed by atoms with E-state index < -0.39 is 4.92 Å². The van der Waals surface area contributed by atoms with Gasteiger partial charge in [-0.15, -0.1) is 0 Å². The molecule has 1 N–H and O–H groups in total. The third-order valence-corrected chi connectivity index (χ3v) is 3.93. The van der Waals surface area contributed by atoms with Gasteiger partial charge in [0.1, 0.15) is 5.84 Å². The molecule has 3 rings (SSSR count). The maximum atomic E-state index is 10.9. The van der Waals surface area contributed by atoms with Gasteiger partial charge in [0, 0.05) is 23.4 Å². The smallest absolute Gasteiger partial charge is 0.269 e. The monoisotopic (exact) mass is 345 g/mol. The maximum absolute atomic E-state index is 10.9. The average Bonchev–Trinajstić information content (AvgIpc) is 2.67. The summed E-state index contributed by atoms with van der Waals surface area (Å²) in [7, 11) is 0. The molecule has 0 aromatic heterocycles. The number of rotatable bonds is 5. The molecule has 0 saturated heterocycles. The van der Waals surface area contributed by atoms with Crippen molar-refractivity contribution in [2.24, 2.45) is 4.99 Å². The molecule has 0 saturated carbocycles. The first kappa shape index (κ1) is 17.4. The van der Waals surface area contributed by atoms with Crippen LogP contribution in [0.5, 0.6) is 0 Å². The van der Waals surface area contributed by atoms with Crippen molar-refractivity contribution in [2.75, 3.05) is 5.32 Å². The molecule has 5 heteroatoms. The Hall–Kier alpha value is -3.47. The minimum Gasteiger partial charge on any atom is -0.340 e. The third kappa shape index (κ3) is 4.54. The zero-order valence-corrected chi connectivity index (χ0v) is 14.4. The number of anilines is 1. The Balaban J connectivity index is 1.89. The Morgan fingerprint density at radius 1 is 0.962 bits per heavy atom. The predicted molar refractivity (Wildman–Crippen MR) is 105 cm³/mol. The molecule has 0 aliphatic heterocycles. The molecule has 0 atom stereocenters. The van der Waals surface area contributed by atoms with E-state index in [1.54, 1.807) is 12.1 Å². The maximum Gasteiger partial charge on any atom is 0.269 e. The van der Waals surface area contributed by atoms with E-state index in [1.165, 1.54) is 17.7 Å². The van der Waals surface area contributed by atoms with E-state index in [9.17, 15) is 10.1 Å². The van der Waals surface area contributed by atoms with Crippen molar-refractivity contribution in [1.82, 2.24) is 0 Å². The normalized spacial score (nSPS) is 11.2. The van der Waals surface area contributed by atoms with Crippen LogP contribution < -0.4 is 5.32 Å². The lowest BCUT2D eigenvalue weighted by Crippen LogP contribution is -2.14. The number of nitro benzene ring substituents is 1. The summed E-state index contributed by atoms with van der Waals surface area (Å²) < 4.78 is 0. The minimum atomic E-state index is -0.405. The van der Waals surface area contributed by atoms with E-state index in [1.807, 2.05) is 61.5 Å². The van der Waals surface area contributed by atoms with Gasteiger partial charge in [-0.2, -0.15) is 0 Å². The third-order valence-electron chi connectivity index (χ3n) is 3.93. The number of non-ortho nitro benzene ring substituents is 1. The van der Waals surface area contributed by atoms with E-state index in [4.69, 9.17) is 4.99 Å². The standard InChI is InChI=1S/C21H19N3O2/c1-16-7-11-19(12-8-16)23-21(22-15-17-5-3-2-4-6-17)18-9-13-20(14-10-18)24(25)26/h2-14H,15H2,1H3,(H,22,23). The van der Waals surface area contributed by atoms with Crippen LogP contribution in [0.1, 0.15) is 16.7 Å². The Kier molecular flexibility index (Phi) is 5.39. The van der Waals surface area contributed by atoms with Gasteiger partial charge in [-0.25, -0.2) is 0 Å². The van der Waals surface area contributed by atoms with Crippen molar-refractivity contribution in [2.45, 2.75) is 13.5 Å². The predicted octanol–water partition coefficient (Wildman–Crippen LogP) is 4.96. The topological polar surface area (TPSA) is 67.5 Å². The second-order valence-corrected chi connectivity index (χ2v) is 5.95. The molecule has 0 unspecified atom stereocenters. The Morgan fingerprint density at radius 3 is 2.23 bits per heavy atom. The summed E-state index contributed by atoms with van der Waals surface area (Å²) in [6, 6.07) is 24.4. The molecule has 5 nitrogen and oxygen atoms in total. The zero-order chi connectivity index (χ0) is 18.4. The summed E-state index contributed by atoms with van der Waals surface area (Å²) in [4.78, 5) is 15.2. The van der Waals surface area contributed by atoms with Crippen LogP contribution in [-0.4, -0.2) is 10.8 Å². The molecule has 0 radical (unpaired) electrons. The van der Waals surface area contributed by atoms with Crippen molar-refractivity contribution in [3.05, 3.63) is 106 Å². The number of nitrogens with zero attached hydrogens (tertiary/aromatic N) is 2. The van der Waals surface area contributed by atoms with Gasteiger partial charge in [-0.05, 0) is 36.8 Å². The molecule has 0 bridgehead atoms. The van der Waals surface area contributed by atoms with Crippen molar-refractivity contribution in [1.29, 1.82) is 0 Å². The highest BCUT2D eigenvalue weighted by Gasteiger charge is 2.09. The molecule has 0 fully saturated rings. The lowest BCUT2D eigenvalue weighted by Gasteiger charge is -2.11. The molecule has 0 aliphatic carbocycles. The first-order valence-electron chi connectivity index (χ1n) is 8.29. The highest BCUT2D eigenvalue weighted by Crippen LogP contribution is 2.16. The van der Waals surface area contributed by atoms with Crippen LogP contribution in [-0.2, 0) is 6.54 Å². The van der Waals surface area contributed by atoms with Crippen LogP contribution in [0.3, 0.4) is 0 Å². The van der Waals surface area contributed by atoms with E-state index >= 15 is 0 Å². The lowest BCUT2D eigenvalue weighted by atomic mass is 10.1. The highest BCUT2D eigenvalue weighted by atomic mass is 16.6. The number of nitro groups is 1. The largest absolute Gasteiger partial charge is 0.340 e. The number of nitrogens with one attached hydrogen (secondary N) is 1. The number of hydrogen-bond donors (Lipinski definition) is 1. The van der Waals surface area contributed by atoms with E-state index in [0.717, 1.165) is 16.8 Å². The molecule has 0 amide bonds. The summed E-state index contributed by atoms with van der Waals surface area (Å²) in [5.41, 5.74) is 4.05. The fraction of sp³-hybridized carbons (Fsp3) is 0.0952. The zero-order valence-electron chi connectivity index (χ0n) is 14.4. The van der Waals surface area contributed by atoms with Crippen molar-refractivity contribution < 1.29 is 4.92 Å². The summed E-state index contributed by atoms with van der Waals surface area (Å²) in [5, 5.41) is 14.2. The van der Waals surface area contributed by atoms with Gasteiger partial charge in [0.2, 0.25) is 0 Å². The molecule has 3 aromatic carbocycles. The molecule has 0 spiro atoms. The SMILES string of the molecule is Cc1ccc(NC(=NCc2ccccc2)c2ccc([N+](=O)[O-])cc2)cc1. The molecular formula is C21H19N3O2. The lowest BCUT2D eigenvalue weighted by molar-refractivity contribution is -0.384. The average molecular weight is 345 g/mol. The van der Waals surface area contributed by atoms with Crippen LogP contribution in [0.2, 0.25) is 0 Å². The molecule has 130 valence electrons.